The Balaban J connectivity index is 3.04. The van der Waals surface area contributed by atoms with Gasteiger partial charge in [-0.05, 0) is 13.8 Å². The molecule has 1 aromatic heterocycles. The number of hydrogen-bond acceptors (Lipinski definition) is 4. The maximum Gasteiger partial charge on any atom is 0.316 e. The number of aliphatic carboxylic acids is 1. The van der Waals surface area contributed by atoms with Gasteiger partial charge in [-0.1, -0.05) is 5.10 Å². The molecule has 6 heteroatoms. The van der Waals surface area contributed by atoms with E-state index in [-0.39, 0.29) is 12.5 Å². The highest BCUT2D eigenvalue weighted by Gasteiger charge is 2.16. The van der Waals surface area contributed by atoms with Crippen molar-refractivity contribution in [1.82, 2.24) is 14.8 Å². The maximum absolute atomic E-state index is 10.5. The third kappa shape index (κ3) is 2.01. The van der Waals surface area contributed by atoms with E-state index in [1.165, 1.54) is 7.11 Å². The van der Waals surface area contributed by atoms with Crippen LogP contribution >= 0.6 is 0 Å². The van der Waals surface area contributed by atoms with Crippen LogP contribution in [0, 0.1) is 0 Å². The van der Waals surface area contributed by atoms with Crippen molar-refractivity contribution >= 4 is 5.97 Å². The van der Waals surface area contributed by atoms with Gasteiger partial charge in [-0.15, -0.1) is 5.10 Å². The fraction of sp³-hybridized carbons (Fsp3) is 0.625. The lowest BCUT2D eigenvalue weighted by Crippen LogP contribution is -2.12. The zero-order chi connectivity index (χ0) is 10.7. The highest BCUT2D eigenvalue weighted by atomic mass is 16.5. The van der Waals surface area contributed by atoms with Crippen LogP contribution < -0.4 is 4.74 Å². The van der Waals surface area contributed by atoms with Gasteiger partial charge < -0.3 is 9.84 Å². The molecule has 1 rings (SSSR count). The molecule has 0 fully saturated rings. The van der Waals surface area contributed by atoms with Crippen molar-refractivity contribution in [2.45, 2.75) is 26.3 Å². The molecular weight excluding hydrogens is 186 g/mol. The summed E-state index contributed by atoms with van der Waals surface area (Å²) >= 11 is 0. The van der Waals surface area contributed by atoms with Gasteiger partial charge in [-0.3, -0.25) is 9.36 Å². The number of methoxy groups -OCH3 is 1. The quantitative estimate of drug-likeness (QED) is 0.763. The Morgan fingerprint density at radius 1 is 1.57 bits per heavy atom. The summed E-state index contributed by atoms with van der Waals surface area (Å²) in [6.45, 7) is 3.83. The van der Waals surface area contributed by atoms with E-state index >= 15 is 0 Å². The molecule has 1 aromatic rings. The number of ether oxygens (including phenoxy) is 1. The summed E-state index contributed by atoms with van der Waals surface area (Å²) < 4.78 is 6.63. The minimum Gasteiger partial charge on any atom is -0.481 e. The van der Waals surface area contributed by atoms with Gasteiger partial charge in [0.1, 0.15) is 12.2 Å². The Kier molecular flexibility index (Phi) is 3.06. The van der Waals surface area contributed by atoms with Crippen LogP contribution in [0.4, 0.5) is 0 Å². The van der Waals surface area contributed by atoms with Crippen molar-refractivity contribution < 1.29 is 14.6 Å². The van der Waals surface area contributed by atoms with Crippen LogP contribution in [0.1, 0.15) is 25.7 Å². The molecule has 0 aliphatic rings. The van der Waals surface area contributed by atoms with E-state index in [2.05, 4.69) is 10.2 Å². The molecule has 1 heterocycles. The first-order chi connectivity index (χ1) is 6.56. The van der Waals surface area contributed by atoms with Gasteiger partial charge in [0.25, 0.3) is 0 Å². The van der Waals surface area contributed by atoms with E-state index in [1.807, 2.05) is 13.8 Å². The van der Waals surface area contributed by atoms with Crippen molar-refractivity contribution in [2.24, 2.45) is 0 Å². The Hall–Kier alpha value is -1.59. The fourth-order valence-electron chi connectivity index (χ4n) is 1.22. The molecule has 14 heavy (non-hydrogen) atoms. The smallest absolute Gasteiger partial charge is 0.316 e. The fourth-order valence-corrected chi connectivity index (χ4v) is 1.22. The van der Waals surface area contributed by atoms with E-state index in [9.17, 15) is 4.79 Å². The summed E-state index contributed by atoms with van der Waals surface area (Å²) in [6, 6.07) is 0.422. The number of nitrogens with zero attached hydrogens (tertiary/aromatic N) is 3. The number of hydrogen-bond donors (Lipinski definition) is 1. The minimum absolute atomic E-state index is 0.0781. The van der Waals surface area contributed by atoms with Crippen LogP contribution in [-0.2, 0) is 11.2 Å². The standard InChI is InChI=1S/C8H13N3O3/c1-5(2)11-6(4-7(12)13)9-10-8(11)14-3/h5H,4H2,1-3H3,(H,12,13). The third-order valence-corrected chi connectivity index (χ3v) is 1.74. The first-order valence-corrected chi connectivity index (χ1v) is 4.25. The molecule has 0 aliphatic heterocycles. The first-order valence-electron chi connectivity index (χ1n) is 4.25. The number of carboxylic acid groups (broad SMARTS) is 1. The second-order valence-corrected chi connectivity index (χ2v) is 3.14. The molecular formula is C8H13N3O3. The Bertz CT molecular complexity index is 333. The predicted octanol–water partition coefficient (Wildman–Crippen LogP) is 0.495. The summed E-state index contributed by atoms with van der Waals surface area (Å²) in [6.07, 6.45) is -0.144. The van der Waals surface area contributed by atoms with Gasteiger partial charge in [-0.2, -0.15) is 0 Å². The lowest BCUT2D eigenvalue weighted by Gasteiger charge is -2.11. The van der Waals surface area contributed by atoms with Crippen LogP contribution in [0.5, 0.6) is 6.01 Å². The van der Waals surface area contributed by atoms with E-state index in [0.717, 1.165) is 0 Å². The molecule has 0 unspecified atom stereocenters. The van der Waals surface area contributed by atoms with Crippen LogP contribution in [0.2, 0.25) is 0 Å². The largest absolute Gasteiger partial charge is 0.481 e. The summed E-state index contributed by atoms with van der Waals surface area (Å²) in [5.74, 6) is -0.522. The molecule has 0 spiro atoms. The minimum atomic E-state index is -0.929. The Morgan fingerprint density at radius 3 is 2.64 bits per heavy atom. The topological polar surface area (TPSA) is 77.2 Å². The zero-order valence-electron chi connectivity index (χ0n) is 8.39. The van der Waals surface area contributed by atoms with Crippen LogP contribution in [-0.4, -0.2) is 33.0 Å². The van der Waals surface area contributed by atoms with Gasteiger partial charge in [-0.25, -0.2) is 0 Å². The summed E-state index contributed by atoms with van der Waals surface area (Å²) in [5, 5.41) is 16.1. The Labute approximate surface area is 81.5 Å². The first kappa shape index (κ1) is 10.5. The molecule has 0 bridgehead atoms. The monoisotopic (exact) mass is 199 g/mol. The van der Waals surface area contributed by atoms with E-state index < -0.39 is 5.97 Å². The summed E-state index contributed by atoms with van der Waals surface area (Å²) in [5.41, 5.74) is 0. The second-order valence-electron chi connectivity index (χ2n) is 3.14. The summed E-state index contributed by atoms with van der Waals surface area (Å²) in [7, 11) is 1.48. The van der Waals surface area contributed by atoms with Crippen molar-refractivity contribution in [1.29, 1.82) is 0 Å². The SMILES string of the molecule is COc1nnc(CC(=O)O)n1C(C)C. The van der Waals surface area contributed by atoms with E-state index in [0.29, 0.717) is 11.8 Å². The van der Waals surface area contributed by atoms with Crippen molar-refractivity contribution in [3.8, 4) is 6.01 Å². The normalized spacial score (nSPS) is 10.6. The molecule has 0 saturated carbocycles. The third-order valence-electron chi connectivity index (χ3n) is 1.74. The van der Waals surface area contributed by atoms with Crippen LogP contribution in [0.25, 0.3) is 0 Å². The van der Waals surface area contributed by atoms with Gasteiger partial charge >= 0.3 is 12.0 Å². The average molecular weight is 199 g/mol. The number of aromatic nitrogens is 3. The number of rotatable bonds is 4. The maximum atomic E-state index is 10.5. The van der Waals surface area contributed by atoms with Crippen molar-refractivity contribution in [3.63, 3.8) is 0 Å². The molecule has 0 radical (unpaired) electrons. The molecule has 0 amide bonds. The molecule has 1 N–H and O–H groups in total. The Morgan fingerprint density at radius 2 is 2.21 bits per heavy atom. The average Bonchev–Trinajstić information content (AvgIpc) is 2.46. The van der Waals surface area contributed by atoms with Gasteiger partial charge in [0.2, 0.25) is 0 Å². The van der Waals surface area contributed by atoms with Gasteiger partial charge in [0.15, 0.2) is 0 Å². The lowest BCUT2D eigenvalue weighted by atomic mass is 10.3. The van der Waals surface area contributed by atoms with Crippen molar-refractivity contribution in [3.05, 3.63) is 5.82 Å². The van der Waals surface area contributed by atoms with E-state index in [1.54, 1.807) is 4.57 Å². The zero-order valence-corrected chi connectivity index (χ0v) is 8.39. The van der Waals surface area contributed by atoms with E-state index in [4.69, 9.17) is 9.84 Å². The molecule has 6 nitrogen and oxygen atoms in total. The molecule has 78 valence electrons. The molecule has 0 aliphatic carbocycles. The predicted molar refractivity (Wildman–Crippen MR) is 48.3 cm³/mol. The highest BCUT2D eigenvalue weighted by Crippen LogP contribution is 2.17. The van der Waals surface area contributed by atoms with Crippen LogP contribution in [0.15, 0.2) is 0 Å². The molecule has 0 saturated heterocycles. The molecule has 0 aromatic carbocycles. The van der Waals surface area contributed by atoms with Crippen LogP contribution in [0.3, 0.4) is 0 Å². The second kappa shape index (κ2) is 4.08. The number of carbonyl (C=O) groups is 1. The molecule has 0 atom stereocenters. The highest BCUT2D eigenvalue weighted by molar-refractivity contribution is 5.69. The lowest BCUT2D eigenvalue weighted by molar-refractivity contribution is -0.136. The van der Waals surface area contributed by atoms with Gasteiger partial charge in [0, 0.05) is 6.04 Å². The number of carboxylic acids is 1. The van der Waals surface area contributed by atoms with Crippen molar-refractivity contribution in [2.75, 3.05) is 7.11 Å². The van der Waals surface area contributed by atoms with Gasteiger partial charge in [0.05, 0.1) is 7.11 Å². The summed E-state index contributed by atoms with van der Waals surface area (Å²) in [4.78, 5) is 10.5.